The molecule has 3 nitrogen and oxygen atoms in total. The van der Waals surface area contributed by atoms with Gasteiger partial charge in [0.05, 0.1) is 19.2 Å². The highest BCUT2D eigenvalue weighted by molar-refractivity contribution is 5.13. The van der Waals surface area contributed by atoms with Crippen LogP contribution in [0, 0.1) is 11.3 Å². The van der Waals surface area contributed by atoms with Crippen LogP contribution in [-0.2, 0) is 11.3 Å². The van der Waals surface area contributed by atoms with E-state index in [1.807, 2.05) is 30.1 Å². The summed E-state index contributed by atoms with van der Waals surface area (Å²) in [5.41, 5.74) is 1.20. The maximum absolute atomic E-state index is 8.47. The largest absolute Gasteiger partial charge is 0.377 e. The minimum atomic E-state index is 0.485. The van der Waals surface area contributed by atoms with Gasteiger partial charge in [-0.3, -0.25) is 4.90 Å². The molecule has 0 amide bonds. The van der Waals surface area contributed by atoms with Crippen LogP contribution in [0.2, 0.25) is 0 Å². The molecule has 0 saturated carbocycles. The highest BCUT2D eigenvalue weighted by atomic mass is 16.5. The molecule has 3 heteroatoms. The Morgan fingerprint density at radius 2 is 2.06 bits per heavy atom. The Kier molecular flexibility index (Phi) is 6.24. The molecular formula is C13H18N2O. The first kappa shape index (κ1) is 12.7. The first-order chi connectivity index (χ1) is 7.83. The monoisotopic (exact) mass is 218 g/mol. The van der Waals surface area contributed by atoms with Crippen LogP contribution < -0.4 is 0 Å². The summed E-state index contributed by atoms with van der Waals surface area (Å²) in [5, 5.41) is 8.47. The van der Waals surface area contributed by atoms with E-state index in [1.165, 1.54) is 5.56 Å². The van der Waals surface area contributed by atoms with Gasteiger partial charge in [0.1, 0.15) is 0 Å². The van der Waals surface area contributed by atoms with Crippen molar-refractivity contribution in [1.82, 2.24) is 4.90 Å². The summed E-state index contributed by atoms with van der Waals surface area (Å²) < 4.78 is 5.54. The second kappa shape index (κ2) is 7.86. The zero-order chi connectivity index (χ0) is 11.6. The third-order valence-electron chi connectivity index (χ3n) is 2.28. The van der Waals surface area contributed by atoms with Gasteiger partial charge in [-0.05, 0) is 19.0 Å². The van der Waals surface area contributed by atoms with E-state index in [0.717, 1.165) is 19.6 Å². The summed E-state index contributed by atoms with van der Waals surface area (Å²) in [4.78, 5) is 1.99. The normalized spacial score (nSPS) is 10.3. The molecule has 0 aliphatic rings. The van der Waals surface area contributed by atoms with E-state index < -0.39 is 0 Å². The van der Waals surface area contributed by atoms with Crippen LogP contribution in [0.5, 0.6) is 0 Å². The average molecular weight is 218 g/mol. The van der Waals surface area contributed by atoms with Gasteiger partial charge in [-0.1, -0.05) is 30.3 Å². The number of rotatable bonds is 7. The van der Waals surface area contributed by atoms with Crippen LogP contribution in [0.4, 0.5) is 0 Å². The van der Waals surface area contributed by atoms with Gasteiger partial charge in [0.15, 0.2) is 0 Å². The molecule has 1 rings (SSSR count). The number of nitriles is 1. The summed E-state index contributed by atoms with van der Waals surface area (Å²) in [7, 11) is 1.94. The van der Waals surface area contributed by atoms with Crippen LogP contribution in [0.15, 0.2) is 30.3 Å². The number of hydrogen-bond acceptors (Lipinski definition) is 3. The second-order valence-corrected chi connectivity index (χ2v) is 3.79. The second-order valence-electron chi connectivity index (χ2n) is 3.79. The van der Waals surface area contributed by atoms with E-state index in [2.05, 4.69) is 18.2 Å². The molecule has 0 aliphatic heterocycles. The Labute approximate surface area is 97.3 Å². The van der Waals surface area contributed by atoms with Gasteiger partial charge in [0, 0.05) is 13.2 Å². The number of ether oxygens (including phenoxy) is 1. The fourth-order valence-corrected chi connectivity index (χ4v) is 1.40. The number of benzene rings is 1. The Hall–Kier alpha value is -1.37. The minimum absolute atomic E-state index is 0.485. The van der Waals surface area contributed by atoms with Crippen molar-refractivity contribution in [2.75, 3.05) is 26.7 Å². The molecule has 0 unspecified atom stereocenters. The summed E-state index contributed by atoms with van der Waals surface area (Å²) >= 11 is 0. The van der Waals surface area contributed by atoms with E-state index in [1.54, 1.807) is 0 Å². The Balaban J connectivity index is 2.03. The lowest BCUT2D eigenvalue weighted by Gasteiger charge is -2.11. The molecular weight excluding hydrogens is 200 g/mol. The van der Waals surface area contributed by atoms with Crippen molar-refractivity contribution in [1.29, 1.82) is 5.26 Å². The zero-order valence-corrected chi connectivity index (χ0v) is 9.72. The maximum atomic E-state index is 8.47. The van der Waals surface area contributed by atoms with Gasteiger partial charge in [-0.15, -0.1) is 0 Å². The van der Waals surface area contributed by atoms with Crippen molar-refractivity contribution < 1.29 is 4.74 Å². The highest BCUT2D eigenvalue weighted by Crippen LogP contribution is 2.00. The van der Waals surface area contributed by atoms with Gasteiger partial charge < -0.3 is 4.74 Å². The molecule has 0 atom stereocenters. The fourth-order valence-electron chi connectivity index (χ4n) is 1.40. The lowest BCUT2D eigenvalue weighted by atomic mass is 10.2. The first-order valence-electron chi connectivity index (χ1n) is 5.50. The predicted molar refractivity (Wildman–Crippen MR) is 63.8 cm³/mol. The summed E-state index contributed by atoms with van der Waals surface area (Å²) in [5.74, 6) is 0. The SMILES string of the molecule is CN(CC#N)CCCOCc1ccccc1. The van der Waals surface area contributed by atoms with Crippen LogP contribution >= 0.6 is 0 Å². The van der Waals surface area contributed by atoms with E-state index >= 15 is 0 Å². The minimum Gasteiger partial charge on any atom is -0.377 e. The molecule has 1 aromatic carbocycles. The standard InChI is InChI=1S/C13H18N2O/c1-15(10-8-14)9-5-11-16-12-13-6-3-2-4-7-13/h2-4,6-7H,5,9-12H2,1H3. The van der Waals surface area contributed by atoms with Gasteiger partial charge in [0.2, 0.25) is 0 Å². The van der Waals surface area contributed by atoms with Crippen molar-refractivity contribution in [2.45, 2.75) is 13.0 Å². The third kappa shape index (κ3) is 5.50. The van der Waals surface area contributed by atoms with Crippen molar-refractivity contribution in [3.05, 3.63) is 35.9 Å². The van der Waals surface area contributed by atoms with Gasteiger partial charge in [-0.2, -0.15) is 5.26 Å². The Morgan fingerprint density at radius 3 is 2.75 bits per heavy atom. The highest BCUT2D eigenvalue weighted by Gasteiger charge is 1.96. The quantitative estimate of drug-likeness (QED) is 0.519. The Bertz CT molecular complexity index is 318. The molecule has 0 spiro atoms. The molecule has 0 N–H and O–H groups in total. The van der Waals surface area contributed by atoms with E-state index in [4.69, 9.17) is 10.00 Å². The van der Waals surface area contributed by atoms with Crippen molar-refractivity contribution in [3.63, 3.8) is 0 Å². The molecule has 0 saturated heterocycles. The van der Waals surface area contributed by atoms with Crippen LogP contribution in [0.25, 0.3) is 0 Å². The zero-order valence-electron chi connectivity index (χ0n) is 9.72. The average Bonchev–Trinajstić information content (AvgIpc) is 2.30. The topological polar surface area (TPSA) is 36.3 Å². The molecule has 16 heavy (non-hydrogen) atoms. The van der Waals surface area contributed by atoms with Crippen LogP contribution in [0.1, 0.15) is 12.0 Å². The Morgan fingerprint density at radius 1 is 1.31 bits per heavy atom. The number of nitrogens with zero attached hydrogens (tertiary/aromatic N) is 2. The molecule has 0 fully saturated rings. The summed E-state index contributed by atoms with van der Waals surface area (Å²) in [6, 6.07) is 12.3. The molecule has 0 radical (unpaired) electrons. The molecule has 0 heterocycles. The van der Waals surface area contributed by atoms with Crippen molar-refractivity contribution >= 4 is 0 Å². The number of hydrogen-bond donors (Lipinski definition) is 0. The van der Waals surface area contributed by atoms with E-state index in [-0.39, 0.29) is 0 Å². The smallest absolute Gasteiger partial charge is 0.0863 e. The lowest BCUT2D eigenvalue weighted by molar-refractivity contribution is 0.112. The van der Waals surface area contributed by atoms with Gasteiger partial charge in [-0.25, -0.2) is 0 Å². The predicted octanol–water partition coefficient (Wildman–Crippen LogP) is 2.05. The van der Waals surface area contributed by atoms with Crippen molar-refractivity contribution in [2.24, 2.45) is 0 Å². The fraction of sp³-hybridized carbons (Fsp3) is 0.462. The molecule has 86 valence electrons. The third-order valence-corrected chi connectivity index (χ3v) is 2.28. The maximum Gasteiger partial charge on any atom is 0.0863 e. The van der Waals surface area contributed by atoms with Gasteiger partial charge >= 0.3 is 0 Å². The summed E-state index contributed by atoms with van der Waals surface area (Å²) in [6.45, 7) is 2.80. The molecule has 1 aromatic rings. The van der Waals surface area contributed by atoms with Crippen LogP contribution in [-0.4, -0.2) is 31.6 Å². The summed E-state index contributed by atoms with van der Waals surface area (Å²) in [6.07, 6.45) is 0.963. The van der Waals surface area contributed by atoms with Crippen LogP contribution in [0.3, 0.4) is 0 Å². The molecule has 0 bridgehead atoms. The molecule has 0 aliphatic carbocycles. The van der Waals surface area contributed by atoms with Crippen molar-refractivity contribution in [3.8, 4) is 6.07 Å². The van der Waals surface area contributed by atoms with E-state index in [9.17, 15) is 0 Å². The molecule has 0 aromatic heterocycles. The van der Waals surface area contributed by atoms with Gasteiger partial charge in [0.25, 0.3) is 0 Å². The van der Waals surface area contributed by atoms with E-state index in [0.29, 0.717) is 13.2 Å². The lowest BCUT2D eigenvalue weighted by Crippen LogP contribution is -2.20. The first-order valence-corrected chi connectivity index (χ1v) is 5.50.